The number of likely N-dealkylation sites (tertiary alicyclic amines) is 1. The van der Waals surface area contributed by atoms with Gasteiger partial charge in [-0.3, -0.25) is 14.5 Å². The van der Waals surface area contributed by atoms with Crippen LogP contribution in [-0.4, -0.2) is 49.2 Å². The van der Waals surface area contributed by atoms with Crippen molar-refractivity contribution in [1.29, 1.82) is 0 Å². The summed E-state index contributed by atoms with van der Waals surface area (Å²) in [7, 11) is 1.67. The van der Waals surface area contributed by atoms with Gasteiger partial charge in [0, 0.05) is 29.2 Å². The van der Waals surface area contributed by atoms with E-state index < -0.39 is 0 Å². The molecule has 2 heterocycles. The van der Waals surface area contributed by atoms with E-state index in [1.165, 1.54) is 24.8 Å². The fourth-order valence-electron chi connectivity index (χ4n) is 4.17. The van der Waals surface area contributed by atoms with Crippen LogP contribution in [0.5, 0.6) is 5.75 Å². The molecular weight excluding hydrogens is 410 g/mol. The van der Waals surface area contributed by atoms with Gasteiger partial charge in [-0.2, -0.15) is 0 Å². The highest BCUT2D eigenvalue weighted by Crippen LogP contribution is 2.31. The molecule has 1 atom stereocenters. The summed E-state index contributed by atoms with van der Waals surface area (Å²) in [4.78, 5) is 28.3. The van der Waals surface area contributed by atoms with E-state index in [2.05, 4.69) is 27.7 Å². The van der Waals surface area contributed by atoms with E-state index in [1.807, 2.05) is 24.3 Å². The number of benzene rings is 2. The molecule has 0 saturated carbocycles. The molecular formula is C24H29N3O3S. The van der Waals surface area contributed by atoms with Gasteiger partial charge in [0.15, 0.2) is 0 Å². The number of anilines is 1. The van der Waals surface area contributed by atoms with Crippen LogP contribution in [0, 0.1) is 0 Å². The van der Waals surface area contributed by atoms with Crippen molar-refractivity contribution >= 4 is 29.3 Å². The smallest absolute Gasteiger partial charge is 0.251 e. The van der Waals surface area contributed by atoms with Crippen molar-refractivity contribution in [3.05, 3.63) is 53.6 Å². The lowest BCUT2D eigenvalue weighted by Gasteiger charge is -2.35. The molecule has 164 valence electrons. The molecule has 2 aliphatic heterocycles. The van der Waals surface area contributed by atoms with Gasteiger partial charge in [-0.25, -0.2) is 0 Å². The highest BCUT2D eigenvalue weighted by atomic mass is 32.2. The number of rotatable bonds is 6. The number of amides is 2. The second kappa shape index (κ2) is 10.2. The first kappa shape index (κ1) is 21.7. The molecule has 6 nitrogen and oxygen atoms in total. The van der Waals surface area contributed by atoms with Crippen LogP contribution in [0.15, 0.2) is 47.4 Å². The molecule has 2 aromatic carbocycles. The van der Waals surface area contributed by atoms with Crippen LogP contribution >= 0.6 is 11.8 Å². The highest BCUT2D eigenvalue weighted by Gasteiger charge is 2.23. The van der Waals surface area contributed by atoms with E-state index in [1.54, 1.807) is 24.9 Å². The third-order valence-electron chi connectivity index (χ3n) is 5.89. The summed E-state index contributed by atoms with van der Waals surface area (Å²) in [5.41, 5.74) is 2.46. The van der Waals surface area contributed by atoms with Crippen molar-refractivity contribution < 1.29 is 14.3 Å². The minimum atomic E-state index is -0.123. The summed E-state index contributed by atoms with van der Waals surface area (Å²) in [6.07, 6.45) is 4.11. The number of nitrogens with one attached hydrogen (secondary N) is 2. The number of nitrogens with zero attached hydrogens (tertiary/aromatic N) is 1. The molecule has 0 radical (unpaired) electrons. The van der Waals surface area contributed by atoms with Gasteiger partial charge in [-0.05, 0) is 61.8 Å². The van der Waals surface area contributed by atoms with Crippen LogP contribution in [-0.2, 0) is 4.79 Å². The average Bonchev–Trinajstić information content (AvgIpc) is 3.00. The normalized spacial score (nSPS) is 17.8. The number of fused-ring (bicyclic) bond motifs is 1. The predicted octanol–water partition coefficient (Wildman–Crippen LogP) is 4.09. The molecule has 2 aromatic rings. The Labute approximate surface area is 187 Å². The van der Waals surface area contributed by atoms with Crippen LogP contribution < -0.4 is 15.4 Å². The van der Waals surface area contributed by atoms with Crippen molar-refractivity contribution in [2.45, 2.75) is 36.6 Å². The first-order valence-electron chi connectivity index (χ1n) is 10.9. The van der Waals surface area contributed by atoms with Gasteiger partial charge in [0.2, 0.25) is 5.91 Å². The van der Waals surface area contributed by atoms with Crippen molar-refractivity contribution in [1.82, 2.24) is 10.2 Å². The van der Waals surface area contributed by atoms with E-state index in [-0.39, 0.29) is 17.9 Å². The van der Waals surface area contributed by atoms with E-state index in [4.69, 9.17) is 4.74 Å². The van der Waals surface area contributed by atoms with Gasteiger partial charge in [-0.15, -0.1) is 11.8 Å². The molecule has 0 unspecified atom stereocenters. The molecule has 4 rings (SSSR count). The number of carbonyl (C=O) groups is 2. The Morgan fingerprint density at radius 1 is 1.16 bits per heavy atom. The molecule has 1 saturated heterocycles. The second-order valence-corrected chi connectivity index (χ2v) is 9.09. The lowest BCUT2D eigenvalue weighted by Crippen LogP contribution is -2.40. The summed E-state index contributed by atoms with van der Waals surface area (Å²) in [5.74, 6) is 1.45. The molecule has 2 aliphatic rings. The van der Waals surface area contributed by atoms with Gasteiger partial charge < -0.3 is 15.4 Å². The first-order valence-corrected chi connectivity index (χ1v) is 11.9. The van der Waals surface area contributed by atoms with Crippen LogP contribution in [0.2, 0.25) is 0 Å². The highest BCUT2D eigenvalue weighted by molar-refractivity contribution is 7.99. The zero-order chi connectivity index (χ0) is 21.6. The van der Waals surface area contributed by atoms with Crippen LogP contribution in [0.25, 0.3) is 0 Å². The van der Waals surface area contributed by atoms with Gasteiger partial charge in [0.05, 0.1) is 18.8 Å². The monoisotopic (exact) mass is 439 g/mol. The fourth-order valence-corrected chi connectivity index (χ4v) is 5.10. The molecule has 1 fully saturated rings. The molecule has 31 heavy (non-hydrogen) atoms. The SMILES string of the molecule is COc1ccc([C@@H](CNC(=O)c2ccc3c(c2)NC(=O)CCS3)N2CCCCC2)cc1. The lowest BCUT2D eigenvalue weighted by atomic mass is 10.0. The Kier molecular flexibility index (Phi) is 7.14. The topological polar surface area (TPSA) is 70.7 Å². The quantitative estimate of drug-likeness (QED) is 0.710. The van der Waals surface area contributed by atoms with E-state index in [0.717, 1.165) is 35.2 Å². The average molecular weight is 440 g/mol. The fraction of sp³-hybridized carbons (Fsp3) is 0.417. The number of hydrogen-bond acceptors (Lipinski definition) is 5. The summed E-state index contributed by atoms with van der Waals surface area (Å²) in [5, 5.41) is 6.04. The second-order valence-electron chi connectivity index (χ2n) is 7.95. The van der Waals surface area contributed by atoms with E-state index in [0.29, 0.717) is 18.5 Å². The number of ether oxygens (including phenoxy) is 1. The van der Waals surface area contributed by atoms with Gasteiger partial charge in [0.25, 0.3) is 5.91 Å². The van der Waals surface area contributed by atoms with Gasteiger partial charge >= 0.3 is 0 Å². The maximum absolute atomic E-state index is 12.9. The summed E-state index contributed by atoms with van der Waals surface area (Å²) < 4.78 is 5.30. The van der Waals surface area contributed by atoms with Gasteiger partial charge in [0.1, 0.15) is 5.75 Å². The molecule has 0 spiro atoms. The molecule has 0 aromatic heterocycles. The molecule has 0 aliphatic carbocycles. The Hall–Kier alpha value is -2.51. The van der Waals surface area contributed by atoms with Crippen LogP contribution in [0.1, 0.15) is 47.6 Å². The van der Waals surface area contributed by atoms with E-state index >= 15 is 0 Å². The van der Waals surface area contributed by atoms with Crippen molar-refractivity contribution in [3.63, 3.8) is 0 Å². The summed E-state index contributed by atoms with van der Waals surface area (Å²) in [6, 6.07) is 13.8. The molecule has 2 N–H and O–H groups in total. The summed E-state index contributed by atoms with van der Waals surface area (Å²) in [6.45, 7) is 2.60. The van der Waals surface area contributed by atoms with Crippen molar-refractivity contribution in [2.75, 3.05) is 37.8 Å². The van der Waals surface area contributed by atoms with E-state index in [9.17, 15) is 9.59 Å². The number of hydrogen-bond donors (Lipinski definition) is 2. The Morgan fingerprint density at radius 2 is 1.94 bits per heavy atom. The zero-order valence-corrected chi connectivity index (χ0v) is 18.7. The number of carbonyl (C=O) groups excluding carboxylic acids is 2. The number of piperidine rings is 1. The van der Waals surface area contributed by atoms with Crippen LogP contribution in [0.3, 0.4) is 0 Å². The molecule has 0 bridgehead atoms. The standard InChI is InChI=1S/C24H29N3O3S/c1-30-19-8-5-17(6-9-19)21(27-12-3-2-4-13-27)16-25-24(29)18-7-10-22-20(15-18)26-23(28)11-14-31-22/h5-10,15,21H,2-4,11-14,16H2,1H3,(H,25,29)(H,26,28)/t21-/m1/s1. The van der Waals surface area contributed by atoms with Crippen molar-refractivity contribution in [2.24, 2.45) is 0 Å². The first-order chi connectivity index (χ1) is 15.1. The molecule has 7 heteroatoms. The number of thioether (sulfide) groups is 1. The minimum absolute atomic E-state index is 0.00604. The maximum atomic E-state index is 12.9. The third-order valence-corrected chi connectivity index (χ3v) is 6.97. The number of methoxy groups -OCH3 is 1. The third kappa shape index (κ3) is 5.40. The summed E-state index contributed by atoms with van der Waals surface area (Å²) >= 11 is 1.64. The van der Waals surface area contributed by atoms with Crippen LogP contribution in [0.4, 0.5) is 5.69 Å². The Morgan fingerprint density at radius 3 is 2.68 bits per heavy atom. The minimum Gasteiger partial charge on any atom is -0.497 e. The predicted molar refractivity (Wildman–Crippen MR) is 124 cm³/mol. The largest absolute Gasteiger partial charge is 0.497 e. The maximum Gasteiger partial charge on any atom is 0.251 e. The lowest BCUT2D eigenvalue weighted by molar-refractivity contribution is -0.115. The molecule has 2 amide bonds. The Balaban J connectivity index is 1.48. The van der Waals surface area contributed by atoms with Crippen molar-refractivity contribution in [3.8, 4) is 5.75 Å². The van der Waals surface area contributed by atoms with Gasteiger partial charge in [-0.1, -0.05) is 18.6 Å². The Bertz CT molecular complexity index is 926. The zero-order valence-electron chi connectivity index (χ0n) is 17.9.